The largest absolute Gasteiger partial charge is 0.311 e. The van der Waals surface area contributed by atoms with E-state index in [1.54, 1.807) is 11.9 Å². The van der Waals surface area contributed by atoms with Crippen molar-refractivity contribution in [3.63, 3.8) is 0 Å². The highest BCUT2D eigenvalue weighted by molar-refractivity contribution is 6.07. The van der Waals surface area contributed by atoms with E-state index in [-0.39, 0.29) is 5.91 Å². The topological polar surface area (TPSA) is 49.0 Å². The number of aryl methyl sites for hydroxylation is 2. The summed E-state index contributed by atoms with van der Waals surface area (Å²) in [6, 6.07) is 9.56. The normalized spacial score (nSPS) is 10.3. The first-order chi connectivity index (χ1) is 8.11. The molecule has 0 saturated heterocycles. The molecule has 1 aromatic heterocycles. The Balaban J connectivity index is 2.33. The number of nitrogens with zero attached hydrogens (tertiary/aromatic N) is 2. The Morgan fingerprint density at radius 3 is 2.41 bits per heavy atom. The fraction of sp³-hybridized carbons (Fsp3) is 0.231. The smallest absolute Gasteiger partial charge is 0.261 e. The summed E-state index contributed by atoms with van der Waals surface area (Å²) < 4.78 is 0. The van der Waals surface area contributed by atoms with Gasteiger partial charge < -0.3 is 4.90 Å². The lowest BCUT2D eigenvalue weighted by molar-refractivity contribution is 0.0992. The molecule has 0 unspecified atom stereocenters. The molecule has 0 radical (unpaired) electrons. The minimum absolute atomic E-state index is 0.0417. The average Bonchev–Trinajstić information content (AvgIpc) is 2.68. The van der Waals surface area contributed by atoms with Crippen molar-refractivity contribution >= 4 is 11.6 Å². The van der Waals surface area contributed by atoms with Crippen LogP contribution in [0.15, 0.2) is 30.3 Å². The molecular formula is C13H15N3O. The van der Waals surface area contributed by atoms with Crippen molar-refractivity contribution in [3.8, 4) is 0 Å². The third-order valence-electron chi connectivity index (χ3n) is 2.79. The van der Waals surface area contributed by atoms with E-state index >= 15 is 0 Å². The zero-order chi connectivity index (χ0) is 12.4. The van der Waals surface area contributed by atoms with Crippen LogP contribution in [0.4, 0.5) is 5.69 Å². The number of hydrogen-bond acceptors (Lipinski definition) is 2. The van der Waals surface area contributed by atoms with Crippen LogP contribution in [0, 0.1) is 13.8 Å². The molecule has 1 amide bonds. The molecule has 2 rings (SSSR count). The van der Waals surface area contributed by atoms with Gasteiger partial charge in [0.15, 0.2) is 0 Å². The fourth-order valence-corrected chi connectivity index (χ4v) is 1.80. The summed E-state index contributed by atoms with van der Waals surface area (Å²) in [5, 5.41) is 6.87. The van der Waals surface area contributed by atoms with Crippen LogP contribution in [0.5, 0.6) is 0 Å². The number of aromatic nitrogens is 2. The van der Waals surface area contributed by atoms with Gasteiger partial charge in [-0.05, 0) is 26.0 Å². The summed E-state index contributed by atoms with van der Waals surface area (Å²) >= 11 is 0. The molecule has 88 valence electrons. The second kappa shape index (κ2) is 4.41. The predicted octanol–water partition coefficient (Wildman–Crippen LogP) is 2.30. The molecule has 0 bridgehead atoms. The van der Waals surface area contributed by atoms with E-state index in [0.717, 1.165) is 17.1 Å². The Labute approximate surface area is 100 Å². The number of carbonyl (C=O) groups is 1. The first-order valence-corrected chi connectivity index (χ1v) is 5.46. The van der Waals surface area contributed by atoms with Gasteiger partial charge in [0.25, 0.3) is 5.91 Å². The monoisotopic (exact) mass is 229 g/mol. The number of carbonyl (C=O) groups excluding carboxylic acids is 1. The third-order valence-corrected chi connectivity index (χ3v) is 2.79. The summed E-state index contributed by atoms with van der Waals surface area (Å²) in [5.74, 6) is -0.0417. The fourth-order valence-electron chi connectivity index (χ4n) is 1.80. The Kier molecular flexibility index (Phi) is 2.95. The Morgan fingerprint density at radius 2 is 1.88 bits per heavy atom. The molecule has 4 nitrogen and oxygen atoms in total. The zero-order valence-corrected chi connectivity index (χ0v) is 10.2. The van der Waals surface area contributed by atoms with Crippen LogP contribution in [0.2, 0.25) is 0 Å². The minimum atomic E-state index is -0.0417. The first-order valence-electron chi connectivity index (χ1n) is 5.46. The molecule has 0 fully saturated rings. The summed E-state index contributed by atoms with van der Waals surface area (Å²) in [7, 11) is 1.77. The van der Waals surface area contributed by atoms with Crippen LogP contribution in [0.25, 0.3) is 0 Å². The SMILES string of the molecule is Cc1n[nH]c(C)c1C(=O)N(C)c1ccccc1. The summed E-state index contributed by atoms with van der Waals surface area (Å²) in [6.45, 7) is 3.68. The second-order valence-electron chi connectivity index (χ2n) is 4.01. The van der Waals surface area contributed by atoms with Gasteiger partial charge >= 0.3 is 0 Å². The third kappa shape index (κ3) is 2.06. The molecule has 1 aromatic carbocycles. The van der Waals surface area contributed by atoms with Gasteiger partial charge in [0.05, 0.1) is 11.3 Å². The predicted molar refractivity (Wildman–Crippen MR) is 67.2 cm³/mol. The van der Waals surface area contributed by atoms with Gasteiger partial charge in [-0.15, -0.1) is 0 Å². The van der Waals surface area contributed by atoms with E-state index in [2.05, 4.69) is 10.2 Å². The van der Waals surface area contributed by atoms with Crippen molar-refractivity contribution in [2.75, 3.05) is 11.9 Å². The second-order valence-corrected chi connectivity index (χ2v) is 4.01. The molecule has 0 aliphatic heterocycles. The molecule has 1 heterocycles. The van der Waals surface area contributed by atoms with Crippen molar-refractivity contribution in [1.82, 2.24) is 10.2 Å². The van der Waals surface area contributed by atoms with E-state index in [1.807, 2.05) is 44.2 Å². The highest BCUT2D eigenvalue weighted by Gasteiger charge is 2.19. The van der Waals surface area contributed by atoms with Gasteiger partial charge in [-0.3, -0.25) is 9.89 Å². The van der Waals surface area contributed by atoms with E-state index in [1.165, 1.54) is 0 Å². The van der Waals surface area contributed by atoms with E-state index in [0.29, 0.717) is 5.56 Å². The Hall–Kier alpha value is -2.10. The molecular weight excluding hydrogens is 214 g/mol. The molecule has 4 heteroatoms. The van der Waals surface area contributed by atoms with Crippen LogP contribution in [0.3, 0.4) is 0 Å². The van der Waals surface area contributed by atoms with Gasteiger partial charge in [0, 0.05) is 18.4 Å². The summed E-state index contributed by atoms with van der Waals surface area (Å²) in [4.78, 5) is 13.9. The lowest BCUT2D eigenvalue weighted by Gasteiger charge is -2.17. The molecule has 0 aliphatic rings. The van der Waals surface area contributed by atoms with Crippen LogP contribution in [-0.4, -0.2) is 23.2 Å². The number of benzene rings is 1. The number of nitrogens with one attached hydrogen (secondary N) is 1. The molecule has 0 saturated carbocycles. The van der Waals surface area contributed by atoms with Crippen molar-refractivity contribution in [1.29, 1.82) is 0 Å². The number of aromatic amines is 1. The van der Waals surface area contributed by atoms with Crippen molar-refractivity contribution < 1.29 is 4.79 Å². The van der Waals surface area contributed by atoms with Gasteiger partial charge in [-0.25, -0.2) is 0 Å². The van der Waals surface area contributed by atoms with Crippen LogP contribution in [-0.2, 0) is 0 Å². The minimum Gasteiger partial charge on any atom is -0.311 e. The van der Waals surface area contributed by atoms with E-state index in [9.17, 15) is 4.79 Å². The van der Waals surface area contributed by atoms with Crippen molar-refractivity contribution in [3.05, 3.63) is 47.3 Å². The molecule has 0 spiro atoms. The highest BCUT2D eigenvalue weighted by Crippen LogP contribution is 2.17. The maximum Gasteiger partial charge on any atom is 0.261 e. The van der Waals surface area contributed by atoms with Gasteiger partial charge in [0.1, 0.15) is 0 Å². The Morgan fingerprint density at radius 1 is 1.24 bits per heavy atom. The lowest BCUT2D eigenvalue weighted by atomic mass is 10.1. The van der Waals surface area contributed by atoms with E-state index in [4.69, 9.17) is 0 Å². The molecule has 0 aliphatic carbocycles. The number of anilines is 1. The number of para-hydroxylation sites is 1. The van der Waals surface area contributed by atoms with Crippen molar-refractivity contribution in [2.24, 2.45) is 0 Å². The number of rotatable bonds is 2. The summed E-state index contributed by atoms with van der Waals surface area (Å²) in [6.07, 6.45) is 0. The molecule has 0 atom stereocenters. The van der Waals surface area contributed by atoms with Gasteiger partial charge in [-0.2, -0.15) is 5.10 Å². The highest BCUT2D eigenvalue weighted by atomic mass is 16.2. The maximum absolute atomic E-state index is 12.3. The van der Waals surface area contributed by atoms with Gasteiger partial charge in [-0.1, -0.05) is 18.2 Å². The lowest BCUT2D eigenvalue weighted by Crippen LogP contribution is -2.27. The van der Waals surface area contributed by atoms with Gasteiger partial charge in [0.2, 0.25) is 0 Å². The molecule has 2 aromatic rings. The molecule has 17 heavy (non-hydrogen) atoms. The zero-order valence-electron chi connectivity index (χ0n) is 10.2. The van der Waals surface area contributed by atoms with Crippen LogP contribution < -0.4 is 4.90 Å². The Bertz CT molecular complexity index is 511. The van der Waals surface area contributed by atoms with Crippen LogP contribution >= 0.6 is 0 Å². The number of hydrogen-bond donors (Lipinski definition) is 1. The molecule has 1 N–H and O–H groups in total. The average molecular weight is 229 g/mol. The van der Waals surface area contributed by atoms with Crippen molar-refractivity contribution in [2.45, 2.75) is 13.8 Å². The van der Waals surface area contributed by atoms with E-state index < -0.39 is 0 Å². The number of amides is 1. The number of H-pyrrole nitrogens is 1. The summed E-state index contributed by atoms with van der Waals surface area (Å²) in [5.41, 5.74) is 3.06. The quantitative estimate of drug-likeness (QED) is 0.859. The maximum atomic E-state index is 12.3. The first kappa shape index (κ1) is 11.4. The van der Waals surface area contributed by atoms with Crippen LogP contribution in [0.1, 0.15) is 21.7 Å². The standard InChI is InChI=1S/C13H15N3O/c1-9-12(10(2)15-14-9)13(17)16(3)11-7-5-4-6-8-11/h4-8H,1-3H3,(H,14,15).